The Morgan fingerprint density at radius 3 is 2.17 bits per heavy atom. The predicted octanol–water partition coefficient (Wildman–Crippen LogP) is 2.58. The largest absolute Gasteiger partial charge is 0.345 e. The second-order valence-electron chi connectivity index (χ2n) is 5.85. The number of nitrogens with one attached hydrogen (secondary N) is 1. The standard InChI is InChI=1S/C18H19N5O/c1-10-7-11(2)21-17(20-10)9-19-18(24)14-5-6-15-16(8-14)23-13(4)12(3)22-15/h5-8H,9H2,1-4H3,(H,19,24). The molecule has 0 aliphatic rings. The molecule has 3 rings (SSSR count). The van der Waals surface area contributed by atoms with E-state index in [2.05, 4.69) is 25.3 Å². The molecule has 6 nitrogen and oxygen atoms in total. The van der Waals surface area contributed by atoms with Gasteiger partial charge in [-0.2, -0.15) is 0 Å². The van der Waals surface area contributed by atoms with Gasteiger partial charge in [0, 0.05) is 17.0 Å². The van der Waals surface area contributed by atoms with Crippen molar-refractivity contribution in [2.75, 3.05) is 0 Å². The van der Waals surface area contributed by atoms with Gasteiger partial charge in [-0.05, 0) is 52.0 Å². The van der Waals surface area contributed by atoms with E-state index in [1.165, 1.54) is 0 Å². The van der Waals surface area contributed by atoms with Crippen molar-refractivity contribution in [2.45, 2.75) is 34.2 Å². The smallest absolute Gasteiger partial charge is 0.251 e. The van der Waals surface area contributed by atoms with Crippen LogP contribution in [0.3, 0.4) is 0 Å². The molecule has 0 atom stereocenters. The van der Waals surface area contributed by atoms with E-state index in [1.54, 1.807) is 12.1 Å². The molecular weight excluding hydrogens is 302 g/mol. The topological polar surface area (TPSA) is 80.7 Å². The first-order chi connectivity index (χ1) is 11.4. The fourth-order valence-corrected chi connectivity index (χ4v) is 2.51. The second kappa shape index (κ2) is 6.31. The maximum atomic E-state index is 12.4. The quantitative estimate of drug-likeness (QED) is 0.802. The van der Waals surface area contributed by atoms with Gasteiger partial charge in [-0.3, -0.25) is 4.79 Å². The van der Waals surface area contributed by atoms with Crippen LogP contribution in [0.25, 0.3) is 11.0 Å². The molecule has 0 spiro atoms. The van der Waals surface area contributed by atoms with Gasteiger partial charge < -0.3 is 5.32 Å². The van der Waals surface area contributed by atoms with E-state index in [1.807, 2.05) is 39.8 Å². The van der Waals surface area contributed by atoms with Gasteiger partial charge in [0.25, 0.3) is 5.91 Å². The summed E-state index contributed by atoms with van der Waals surface area (Å²) in [6.45, 7) is 7.94. The summed E-state index contributed by atoms with van der Waals surface area (Å²) in [6, 6.07) is 7.23. The summed E-state index contributed by atoms with van der Waals surface area (Å²) in [7, 11) is 0. The number of hydrogen-bond donors (Lipinski definition) is 1. The van der Waals surface area contributed by atoms with Crippen LogP contribution in [0, 0.1) is 27.7 Å². The third kappa shape index (κ3) is 3.37. The molecule has 0 aliphatic heterocycles. The van der Waals surface area contributed by atoms with Crippen molar-refractivity contribution in [1.82, 2.24) is 25.3 Å². The normalized spacial score (nSPS) is 10.8. The van der Waals surface area contributed by atoms with Gasteiger partial charge in [0.15, 0.2) is 0 Å². The van der Waals surface area contributed by atoms with Crippen LogP contribution in [0.5, 0.6) is 0 Å². The van der Waals surface area contributed by atoms with Gasteiger partial charge in [-0.15, -0.1) is 0 Å². The minimum atomic E-state index is -0.181. The van der Waals surface area contributed by atoms with Crippen LogP contribution in [-0.4, -0.2) is 25.8 Å². The molecule has 1 amide bonds. The highest BCUT2D eigenvalue weighted by atomic mass is 16.1. The van der Waals surface area contributed by atoms with Crippen molar-refractivity contribution >= 4 is 16.9 Å². The minimum Gasteiger partial charge on any atom is -0.345 e. The number of fused-ring (bicyclic) bond motifs is 1. The van der Waals surface area contributed by atoms with Gasteiger partial charge in [-0.1, -0.05) is 0 Å². The van der Waals surface area contributed by atoms with E-state index in [4.69, 9.17) is 0 Å². The number of rotatable bonds is 3. The Balaban J connectivity index is 1.79. The zero-order chi connectivity index (χ0) is 17.3. The van der Waals surface area contributed by atoms with Crippen molar-refractivity contribution in [3.05, 3.63) is 58.4 Å². The molecule has 0 radical (unpaired) electrons. The maximum Gasteiger partial charge on any atom is 0.251 e. The molecule has 1 N–H and O–H groups in total. The summed E-state index contributed by atoms with van der Waals surface area (Å²) in [5.74, 6) is 0.424. The molecule has 0 fully saturated rings. The van der Waals surface area contributed by atoms with Crippen molar-refractivity contribution in [1.29, 1.82) is 0 Å². The Hall–Kier alpha value is -2.89. The summed E-state index contributed by atoms with van der Waals surface area (Å²) in [5.41, 5.74) is 5.58. The third-order valence-corrected chi connectivity index (χ3v) is 3.77. The average molecular weight is 321 g/mol. The van der Waals surface area contributed by atoms with Gasteiger partial charge in [0.05, 0.1) is 29.0 Å². The predicted molar refractivity (Wildman–Crippen MR) is 91.7 cm³/mol. The molecule has 0 aliphatic carbocycles. The summed E-state index contributed by atoms with van der Waals surface area (Å²) >= 11 is 0. The van der Waals surface area contributed by atoms with Crippen LogP contribution < -0.4 is 5.32 Å². The highest BCUT2D eigenvalue weighted by Crippen LogP contribution is 2.14. The van der Waals surface area contributed by atoms with Crippen LogP contribution in [0.1, 0.15) is 39.0 Å². The summed E-state index contributed by atoms with van der Waals surface area (Å²) in [5, 5.41) is 2.85. The van der Waals surface area contributed by atoms with Gasteiger partial charge in [0.1, 0.15) is 5.82 Å². The molecule has 0 bridgehead atoms. The Morgan fingerprint density at radius 2 is 1.50 bits per heavy atom. The maximum absolute atomic E-state index is 12.4. The van der Waals surface area contributed by atoms with Gasteiger partial charge in [0.2, 0.25) is 0 Å². The van der Waals surface area contributed by atoms with Gasteiger partial charge in [-0.25, -0.2) is 19.9 Å². The number of nitrogens with zero attached hydrogens (tertiary/aromatic N) is 4. The summed E-state index contributed by atoms with van der Waals surface area (Å²) < 4.78 is 0. The first-order valence-electron chi connectivity index (χ1n) is 7.77. The van der Waals surface area contributed by atoms with E-state index in [0.29, 0.717) is 16.9 Å². The third-order valence-electron chi connectivity index (χ3n) is 3.77. The lowest BCUT2D eigenvalue weighted by molar-refractivity contribution is 0.0950. The lowest BCUT2D eigenvalue weighted by Gasteiger charge is -2.07. The Morgan fingerprint density at radius 1 is 0.875 bits per heavy atom. The van der Waals surface area contributed by atoms with E-state index in [0.717, 1.165) is 28.3 Å². The molecule has 2 aromatic heterocycles. The molecule has 24 heavy (non-hydrogen) atoms. The first-order valence-corrected chi connectivity index (χ1v) is 7.77. The first kappa shape index (κ1) is 16.0. The lowest BCUT2D eigenvalue weighted by atomic mass is 10.1. The molecule has 1 aromatic carbocycles. The number of benzene rings is 1. The molecule has 0 unspecified atom stereocenters. The highest BCUT2D eigenvalue weighted by molar-refractivity contribution is 5.97. The zero-order valence-corrected chi connectivity index (χ0v) is 14.2. The number of carbonyl (C=O) groups is 1. The zero-order valence-electron chi connectivity index (χ0n) is 14.2. The number of carbonyl (C=O) groups excluding carboxylic acids is 1. The molecule has 6 heteroatoms. The number of hydrogen-bond acceptors (Lipinski definition) is 5. The van der Waals surface area contributed by atoms with Crippen LogP contribution >= 0.6 is 0 Å². The average Bonchev–Trinajstić information content (AvgIpc) is 2.52. The molecular formula is C18H19N5O. The lowest BCUT2D eigenvalue weighted by Crippen LogP contribution is -2.24. The van der Waals surface area contributed by atoms with E-state index in [9.17, 15) is 4.79 Å². The summed E-state index contributed by atoms with van der Waals surface area (Å²) in [6.07, 6.45) is 0. The van der Waals surface area contributed by atoms with Gasteiger partial charge >= 0.3 is 0 Å². The monoisotopic (exact) mass is 321 g/mol. The van der Waals surface area contributed by atoms with Crippen LogP contribution in [0.15, 0.2) is 24.3 Å². The second-order valence-corrected chi connectivity index (χ2v) is 5.85. The van der Waals surface area contributed by atoms with E-state index < -0.39 is 0 Å². The fraction of sp³-hybridized carbons (Fsp3) is 0.278. The molecule has 3 aromatic rings. The molecule has 2 heterocycles. The Kier molecular flexibility index (Phi) is 4.20. The van der Waals surface area contributed by atoms with Crippen molar-refractivity contribution in [2.24, 2.45) is 0 Å². The number of aryl methyl sites for hydroxylation is 4. The van der Waals surface area contributed by atoms with Crippen LogP contribution in [0.4, 0.5) is 0 Å². The van der Waals surface area contributed by atoms with Crippen LogP contribution in [-0.2, 0) is 6.54 Å². The number of amides is 1. The minimum absolute atomic E-state index is 0.181. The molecule has 122 valence electrons. The SMILES string of the molecule is Cc1cc(C)nc(CNC(=O)c2ccc3nc(C)c(C)nc3c2)n1. The summed E-state index contributed by atoms with van der Waals surface area (Å²) in [4.78, 5) is 30.0. The molecule has 0 saturated carbocycles. The highest BCUT2D eigenvalue weighted by Gasteiger charge is 2.09. The van der Waals surface area contributed by atoms with E-state index in [-0.39, 0.29) is 12.5 Å². The Bertz CT molecular complexity index is 916. The van der Waals surface area contributed by atoms with Crippen LogP contribution in [0.2, 0.25) is 0 Å². The van der Waals surface area contributed by atoms with Crippen molar-refractivity contribution in [3.8, 4) is 0 Å². The van der Waals surface area contributed by atoms with E-state index >= 15 is 0 Å². The van der Waals surface area contributed by atoms with Crippen molar-refractivity contribution < 1.29 is 4.79 Å². The Labute approximate surface area is 140 Å². The number of aromatic nitrogens is 4. The van der Waals surface area contributed by atoms with Crippen molar-refractivity contribution in [3.63, 3.8) is 0 Å². The fourth-order valence-electron chi connectivity index (χ4n) is 2.51. The molecule has 0 saturated heterocycles.